The lowest BCUT2D eigenvalue weighted by Crippen LogP contribution is -2.25. The molecule has 0 bridgehead atoms. The third-order valence-electron chi connectivity index (χ3n) is 2.46. The van der Waals surface area contributed by atoms with Crippen LogP contribution in [0.2, 0.25) is 0 Å². The molecule has 0 saturated heterocycles. The molecule has 0 heterocycles. The maximum Gasteiger partial charge on any atom is 0.501 e. The second-order valence-corrected chi connectivity index (χ2v) is 5.78. The number of anilines is 1. The highest BCUT2D eigenvalue weighted by Crippen LogP contribution is 2.34. The molecule has 8 heteroatoms. The van der Waals surface area contributed by atoms with E-state index in [4.69, 9.17) is 4.74 Å². The molecular weight excluding hydrogens is 283 g/mol. The Bertz CT molecular complexity index is 528. The molecule has 0 aliphatic carbocycles. The molecule has 0 aliphatic rings. The summed E-state index contributed by atoms with van der Waals surface area (Å²) >= 11 is 0. The van der Waals surface area contributed by atoms with Crippen LogP contribution in [0.25, 0.3) is 0 Å². The highest BCUT2D eigenvalue weighted by molar-refractivity contribution is 7.92. The molecule has 0 radical (unpaired) electrons. The smallest absolute Gasteiger partial charge is 0.381 e. The van der Waals surface area contributed by atoms with Crippen LogP contribution in [0.1, 0.15) is 6.92 Å². The fourth-order valence-electron chi connectivity index (χ4n) is 1.31. The van der Waals surface area contributed by atoms with Crippen LogP contribution >= 0.6 is 0 Å². The molecule has 0 aliphatic heterocycles. The van der Waals surface area contributed by atoms with Crippen LogP contribution in [-0.2, 0) is 14.6 Å². The van der Waals surface area contributed by atoms with Crippen molar-refractivity contribution in [1.82, 2.24) is 0 Å². The molecule has 108 valence electrons. The maximum absolute atomic E-state index is 12.5. The molecule has 0 fully saturated rings. The van der Waals surface area contributed by atoms with Crippen LogP contribution in [0.3, 0.4) is 0 Å². The van der Waals surface area contributed by atoms with Crippen LogP contribution in [0.5, 0.6) is 0 Å². The maximum atomic E-state index is 12.5. The number of nitrogens with one attached hydrogen (secondary N) is 1. The second kappa shape index (κ2) is 5.79. The van der Waals surface area contributed by atoms with Crippen LogP contribution in [-0.4, -0.2) is 33.7 Å². The Labute approximate surface area is 109 Å². The lowest BCUT2D eigenvalue weighted by molar-refractivity contribution is -0.0435. The summed E-state index contributed by atoms with van der Waals surface area (Å²) in [5.74, 6) is 0. The van der Waals surface area contributed by atoms with Gasteiger partial charge in [-0.2, -0.15) is 13.2 Å². The van der Waals surface area contributed by atoms with E-state index >= 15 is 0 Å². The number of benzene rings is 1. The number of sulfone groups is 1. The van der Waals surface area contributed by atoms with E-state index in [1.807, 2.05) is 0 Å². The zero-order chi connectivity index (χ0) is 14.7. The molecule has 19 heavy (non-hydrogen) atoms. The first-order chi connectivity index (χ1) is 8.70. The van der Waals surface area contributed by atoms with Crippen molar-refractivity contribution in [1.29, 1.82) is 0 Å². The number of hydrogen-bond donors (Lipinski definition) is 1. The number of para-hydroxylation sites is 1. The minimum absolute atomic E-state index is 0.0938. The zero-order valence-electron chi connectivity index (χ0n) is 10.4. The van der Waals surface area contributed by atoms with E-state index in [0.29, 0.717) is 0 Å². The van der Waals surface area contributed by atoms with Gasteiger partial charge in [0.15, 0.2) is 0 Å². The van der Waals surface area contributed by atoms with Gasteiger partial charge in [-0.1, -0.05) is 12.1 Å². The number of alkyl halides is 3. The van der Waals surface area contributed by atoms with Gasteiger partial charge < -0.3 is 10.1 Å². The zero-order valence-corrected chi connectivity index (χ0v) is 11.2. The van der Waals surface area contributed by atoms with Crippen molar-refractivity contribution in [3.05, 3.63) is 24.3 Å². The van der Waals surface area contributed by atoms with Crippen molar-refractivity contribution in [3.8, 4) is 0 Å². The predicted octanol–water partition coefficient (Wildman–Crippen LogP) is 2.43. The number of ether oxygens (including phenoxy) is 1. The fourth-order valence-corrected chi connectivity index (χ4v) is 2.25. The quantitative estimate of drug-likeness (QED) is 0.907. The average molecular weight is 297 g/mol. The van der Waals surface area contributed by atoms with Crippen molar-refractivity contribution in [3.63, 3.8) is 0 Å². The van der Waals surface area contributed by atoms with Gasteiger partial charge in [0.1, 0.15) is 0 Å². The molecule has 1 N–H and O–H groups in total. The summed E-state index contributed by atoms with van der Waals surface area (Å²) in [6, 6.07) is 4.89. The first-order valence-electron chi connectivity index (χ1n) is 5.37. The molecule has 1 rings (SSSR count). The Morgan fingerprint density at radius 1 is 1.32 bits per heavy atom. The normalized spacial score (nSPS) is 14.2. The van der Waals surface area contributed by atoms with E-state index in [0.717, 1.165) is 6.07 Å². The highest BCUT2D eigenvalue weighted by atomic mass is 32.2. The molecule has 0 amide bonds. The van der Waals surface area contributed by atoms with E-state index in [9.17, 15) is 21.6 Å². The van der Waals surface area contributed by atoms with Gasteiger partial charge in [0, 0.05) is 13.7 Å². The molecule has 0 spiro atoms. The largest absolute Gasteiger partial charge is 0.501 e. The summed E-state index contributed by atoms with van der Waals surface area (Å²) in [6.45, 7) is 1.90. The van der Waals surface area contributed by atoms with E-state index in [1.54, 1.807) is 6.92 Å². The SMILES string of the molecule is COC(C)CNc1ccccc1S(=O)(=O)C(F)(F)F. The Morgan fingerprint density at radius 3 is 2.42 bits per heavy atom. The second-order valence-electron chi connectivity index (χ2n) is 3.87. The van der Waals surface area contributed by atoms with Crippen molar-refractivity contribution < 1.29 is 26.3 Å². The monoisotopic (exact) mass is 297 g/mol. The number of rotatable bonds is 5. The average Bonchev–Trinajstić information content (AvgIpc) is 2.34. The fraction of sp³-hybridized carbons (Fsp3) is 0.455. The van der Waals surface area contributed by atoms with Gasteiger partial charge in [0.25, 0.3) is 9.84 Å². The Kier molecular flexibility index (Phi) is 4.81. The first kappa shape index (κ1) is 15.8. The van der Waals surface area contributed by atoms with Crippen molar-refractivity contribution in [2.45, 2.75) is 23.4 Å². The van der Waals surface area contributed by atoms with Crippen LogP contribution in [0.4, 0.5) is 18.9 Å². The third kappa shape index (κ3) is 3.60. The summed E-state index contributed by atoms with van der Waals surface area (Å²) in [5, 5.41) is 2.64. The number of hydrogen-bond acceptors (Lipinski definition) is 4. The number of halogens is 3. The van der Waals surface area contributed by atoms with Crippen LogP contribution in [0.15, 0.2) is 29.2 Å². The predicted molar refractivity (Wildman–Crippen MR) is 64.6 cm³/mol. The Hall–Kier alpha value is -1.28. The van der Waals surface area contributed by atoms with E-state index in [1.165, 1.54) is 25.3 Å². The number of methoxy groups -OCH3 is 1. The lowest BCUT2D eigenvalue weighted by atomic mass is 10.3. The molecule has 4 nitrogen and oxygen atoms in total. The third-order valence-corrected chi connectivity index (χ3v) is 4.01. The molecule has 0 aromatic heterocycles. The molecule has 1 aromatic carbocycles. The van der Waals surface area contributed by atoms with Crippen LogP contribution in [0, 0.1) is 0 Å². The Balaban J connectivity index is 3.10. The lowest BCUT2D eigenvalue weighted by Gasteiger charge is -2.16. The van der Waals surface area contributed by atoms with Gasteiger partial charge in [-0.15, -0.1) is 0 Å². The molecule has 1 unspecified atom stereocenters. The van der Waals surface area contributed by atoms with Gasteiger partial charge in [0.05, 0.1) is 16.7 Å². The Morgan fingerprint density at radius 2 is 1.89 bits per heavy atom. The molecule has 1 aromatic rings. The topological polar surface area (TPSA) is 55.4 Å². The first-order valence-corrected chi connectivity index (χ1v) is 6.85. The van der Waals surface area contributed by atoms with Crippen molar-refractivity contribution in [2.24, 2.45) is 0 Å². The van der Waals surface area contributed by atoms with Gasteiger partial charge in [-0.3, -0.25) is 0 Å². The van der Waals surface area contributed by atoms with Gasteiger partial charge >= 0.3 is 5.51 Å². The highest BCUT2D eigenvalue weighted by Gasteiger charge is 2.47. The van der Waals surface area contributed by atoms with Crippen LogP contribution < -0.4 is 5.32 Å². The summed E-state index contributed by atoms with van der Waals surface area (Å²) in [5.41, 5.74) is -5.42. The summed E-state index contributed by atoms with van der Waals surface area (Å²) in [7, 11) is -3.92. The minimum atomic E-state index is -5.37. The molecule has 0 saturated carbocycles. The van der Waals surface area contributed by atoms with E-state index in [-0.39, 0.29) is 18.3 Å². The minimum Gasteiger partial charge on any atom is -0.381 e. The van der Waals surface area contributed by atoms with E-state index < -0.39 is 20.2 Å². The van der Waals surface area contributed by atoms with Crippen molar-refractivity contribution >= 4 is 15.5 Å². The summed E-state index contributed by atoms with van der Waals surface area (Å²) < 4.78 is 65.3. The van der Waals surface area contributed by atoms with E-state index in [2.05, 4.69) is 5.32 Å². The standard InChI is InChI=1S/C11H14F3NO3S/c1-8(18-2)7-15-9-5-3-4-6-10(9)19(16,17)11(12,13)14/h3-6,8,15H,7H2,1-2H3. The molecular formula is C11H14F3NO3S. The summed E-state index contributed by atoms with van der Waals surface area (Å²) in [4.78, 5) is -0.786. The van der Waals surface area contributed by atoms with Gasteiger partial charge in [-0.25, -0.2) is 8.42 Å². The molecule has 1 atom stereocenters. The van der Waals surface area contributed by atoms with Crippen molar-refractivity contribution in [2.75, 3.05) is 19.0 Å². The summed E-state index contributed by atoms with van der Waals surface area (Å²) in [6.07, 6.45) is -0.262. The van der Waals surface area contributed by atoms with Gasteiger partial charge in [-0.05, 0) is 19.1 Å². The van der Waals surface area contributed by atoms with Gasteiger partial charge in [0.2, 0.25) is 0 Å².